The van der Waals surface area contributed by atoms with Crippen LogP contribution in [0.25, 0.3) is 0 Å². The van der Waals surface area contributed by atoms with Gasteiger partial charge >= 0.3 is 0 Å². The Morgan fingerprint density at radius 2 is 2.05 bits per heavy atom. The summed E-state index contributed by atoms with van der Waals surface area (Å²) < 4.78 is 5.67. The van der Waals surface area contributed by atoms with Gasteiger partial charge in [-0.25, -0.2) is 0 Å². The minimum absolute atomic E-state index is 0.129. The third-order valence-corrected chi connectivity index (χ3v) is 3.72. The van der Waals surface area contributed by atoms with Gasteiger partial charge in [-0.05, 0) is 24.3 Å². The predicted molar refractivity (Wildman–Crippen MR) is 82.5 cm³/mol. The van der Waals surface area contributed by atoms with Crippen LogP contribution in [0.2, 0.25) is 5.02 Å². The second-order valence-electron chi connectivity index (χ2n) is 4.91. The third kappa shape index (κ3) is 2.81. The van der Waals surface area contributed by atoms with Gasteiger partial charge in [0.1, 0.15) is 12.4 Å². The number of halogens is 1. The summed E-state index contributed by atoms with van der Waals surface area (Å²) in [5.74, 6) is 0.696. The smallest absolute Gasteiger partial charge is 0.256 e. The van der Waals surface area contributed by atoms with E-state index in [4.69, 9.17) is 22.1 Å². The Morgan fingerprint density at radius 3 is 2.90 bits per heavy atom. The largest absolute Gasteiger partial charge is 0.491 e. The summed E-state index contributed by atoms with van der Waals surface area (Å²) >= 11 is 5.96. The highest BCUT2D eigenvalue weighted by atomic mass is 35.5. The van der Waals surface area contributed by atoms with Gasteiger partial charge < -0.3 is 15.4 Å². The van der Waals surface area contributed by atoms with E-state index in [1.165, 1.54) is 0 Å². The first-order valence-corrected chi connectivity index (χ1v) is 7.08. The van der Waals surface area contributed by atoms with Crippen molar-refractivity contribution in [3.63, 3.8) is 0 Å². The van der Waals surface area contributed by atoms with Crippen LogP contribution in [0.15, 0.2) is 42.5 Å². The molecule has 1 aliphatic rings. The fraction of sp³-hybridized carbons (Fsp3) is 0.188. The van der Waals surface area contributed by atoms with Crippen molar-refractivity contribution in [3.05, 3.63) is 58.6 Å². The number of benzene rings is 2. The van der Waals surface area contributed by atoms with Gasteiger partial charge in [-0.15, -0.1) is 0 Å². The zero-order valence-electron chi connectivity index (χ0n) is 11.4. The normalized spacial score (nSPS) is 14.0. The highest BCUT2D eigenvalue weighted by molar-refractivity contribution is 6.31. The van der Waals surface area contributed by atoms with Crippen LogP contribution < -0.4 is 10.5 Å². The van der Waals surface area contributed by atoms with Crippen molar-refractivity contribution in [2.24, 2.45) is 0 Å². The SMILES string of the molecule is Nc1ccc(Cl)cc1C(=O)N1CCOc2ccccc2C1. The first-order valence-electron chi connectivity index (χ1n) is 6.70. The minimum Gasteiger partial charge on any atom is -0.491 e. The number of hydrogen-bond acceptors (Lipinski definition) is 3. The van der Waals surface area contributed by atoms with Gasteiger partial charge in [0.25, 0.3) is 5.91 Å². The summed E-state index contributed by atoms with van der Waals surface area (Å²) in [7, 11) is 0. The van der Waals surface area contributed by atoms with Gasteiger partial charge in [0, 0.05) is 22.8 Å². The molecule has 3 rings (SSSR count). The summed E-state index contributed by atoms with van der Waals surface area (Å²) in [6, 6.07) is 12.7. The van der Waals surface area contributed by atoms with Gasteiger partial charge in [0.2, 0.25) is 0 Å². The van der Waals surface area contributed by atoms with Crippen LogP contribution >= 0.6 is 11.6 Å². The molecule has 0 spiro atoms. The van der Waals surface area contributed by atoms with Crippen LogP contribution in [0.1, 0.15) is 15.9 Å². The number of fused-ring (bicyclic) bond motifs is 1. The number of para-hydroxylation sites is 1. The van der Waals surface area contributed by atoms with Crippen molar-refractivity contribution >= 4 is 23.2 Å². The quantitative estimate of drug-likeness (QED) is 0.824. The molecule has 0 radical (unpaired) electrons. The Balaban J connectivity index is 1.90. The Kier molecular flexibility index (Phi) is 3.71. The Labute approximate surface area is 128 Å². The molecular formula is C16H15ClN2O2. The molecule has 0 saturated heterocycles. The summed E-state index contributed by atoms with van der Waals surface area (Å²) in [4.78, 5) is 14.4. The molecule has 108 valence electrons. The second kappa shape index (κ2) is 5.66. The number of ether oxygens (including phenoxy) is 1. The van der Waals surface area contributed by atoms with Crippen molar-refractivity contribution in [1.29, 1.82) is 0 Å². The average Bonchev–Trinajstić information content (AvgIpc) is 2.71. The molecule has 0 saturated carbocycles. The van der Waals surface area contributed by atoms with Gasteiger partial charge in [-0.2, -0.15) is 0 Å². The molecule has 0 fully saturated rings. The number of nitrogen functional groups attached to an aromatic ring is 1. The maximum Gasteiger partial charge on any atom is 0.256 e. The highest BCUT2D eigenvalue weighted by Crippen LogP contribution is 2.25. The van der Waals surface area contributed by atoms with E-state index in [2.05, 4.69) is 0 Å². The molecule has 4 nitrogen and oxygen atoms in total. The lowest BCUT2D eigenvalue weighted by Crippen LogP contribution is -2.33. The fourth-order valence-corrected chi connectivity index (χ4v) is 2.56. The van der Waals surface area contributed by atoms with E-state index in [9.17, 15) is 4.79 Å². The van der Waals surface area contributed by atoms with E-state index in [0.717, 1.165) is 11.3 Å². The summed E-state index contributed by atoms with van der Waals surface area (Å²) in [5.41, 5.74) is 7.75. The van der Waals surface area contributed by atoms with Gasteiger partial charge in [0.05, 0.1) is 12.1 Å². The summed E-state index contributed by atoms with van der Waals surface area (Å²) in [6.07, 6.45) is 0. The van der Waals surface area contributed by atoms with Gasteiger partial charge in [0.15, 0.2) is 0 Å². The van der Waals surface area contributed by atoms with E-state index < -0.39 is 0 Å². The van der Waals surface area contributed by atoms with Crippen LogP contribution in [-0.2, 0) is 6.54 Å². The highest BCUT2D eigenvalue weighted by Gasteiger charge is 2.22. The lowest BCUT2D eigenvalue weighted by atomic mass is 10.1. The molecule has 0 unspecified atom stereocenters. The standard InChI is InChI=1S/C16H15ClN2O2/c17-12-5-6-14(18)13(9-12)16(20)19-7-8-21-15-4-2-1-3-11(15)10-19/h1-6,9H,7-8,10,18H2. The molecule has 1 heterocycles. The number of amides is 1. The summed E-state index contributed by atoms with van der Waals surface area (Å²) in [5, 5.41) is 0.499. The summed E-state index contributed by atoms with van der Waals surface area (Å²) in [6.45, 7) is 1.48. The van der Waals surface area contributed by atoms with E-state index in [0.29, 0.717) is 36.0 Å². The van der Waals surface area contributed by atoms with Crippen molar-refractivity contribution in [1.82, 2.24) is 4.90 Å². The van der Waals surface area contributed by atoms with Crippen molar-refractivity contribution in [3.8, 4) is 5.75 Å². The van der Waals surface area contributed by atoms with Gasteiger partial charge in [-0.3, -0.25) is 4.79 Å². The topological polar surface area (TPSA) is 55.6 Å². The van der Waals surface area contributed by atoms with Crippen LogP contribution in [-0.4, -0.2) is 24.0 Å². The molecule has 0 atom stereocenters. The molecule has 2 aromatic carbocycles. The molecule has 0 aliphatic carbocycles. The van der Waals surface area contributed by atoms with E-state index >= 15 is 0 Å². The molecule has 1 amide bonds. The molecule has 5 heteroatoms. The lowest BCUT2D eigenvalue weighted by Gasteiger charge is -2.20. The number of carbonyl (C=O) groups is 1. The molecule has 0 aromatic heterocycles. The number of hydrogen-bond donors (Lipinski definition) is 1. The number of nitrogens with zero attached hydrogens (tertiary/aromatic N) is 1. The van der Waals surface area contributed by atoms with Crippen LogP contribution in [0, 0.1) is 0 Å². The van der Waals surface area contributed by atoms with E-state index in [1.54, 1.807) is 23.1 Å². The van der Waals surface area contributed by atoms with Crippen molar-refractivity contribution in [2.45, 2.75) is 6.54 Å². The Bertz CT molecular complexity index is 688. The zero-order valence-corrected chi connectivity index (χ0v) is 12.1. The Morgan fingerprint density at radius 1 is 1.24 bits per heavy atom. The molecule has 2 aromatic rings. The predicted octanol–water partition coefficient (Wildman–Crippen LogP) is 2.96. The van der Waals surface area contributed by atoms with Crippen molar-refractivity contribution < 1.29 is 9.53 Å². The number of rotatable bonds is 1. The second-order valence-corrected chi connectivity index (χ2v) is 5.35. The number of nitrogens with two attached hydrogens (primary N) is 1. The monoisotopic (exact) mass is 302 g/mol. The van der Waals surface area contributed by atoms with E-state index in [-0.39, 0.29) is 5.91 Å². The molecule has 21 heavy (non-hydrogen) atoms. The van der Waals surface area contributed by atoms with Crippen LogP contribution in [0.5, 0.6) is 5.75 Å². The maximum absolute atomic E-state index is 12.7. The van der Waals surface area contributed by atoms with Crippen LogP contribution in [0.3, 0.4) is 0 Å². The molecule has 2 N–H and O–H groups in total. The first kappa shape index (κ1) is 13.8. The maximum atomic E-state index is 12.7. The van der Waals surface area contributed by atoms with E-state index in [1.807, 2.05) is 24.3 Å². The molecule has 1 aliphatic heterocycles. The van der Waals surface area contributed by atoms with Gasteiger partial charge in [-0.1, -0.05) is 29.8 Å². The fourth-order valence-electron chi connectivity index (χ4n) is 2.38. The molecule has 0 bridgehead atoms. The lowest BCUT2D eigenvalue weighted by molar-refractivity contribution is 0.0734. The zero-order chi connectivity index (χ0) is 14.8. The minimum atomic E-state index is -0.129. The first-order chi connectivity index (χ1) is 10.1. The Hall–Kier alpha value is -2.20. The average molecular weight is 303 g/mol. The van der Waals surface area contributed by atoms with Crippen LogP contribution in [0.4, 0.5) is 5.69 Å². The molecular weight excluding hydrogens is 288 g/mol. The van der Waals surface area contributed by atoms with Crippen molar-refractivity contribution in [2.75, 3.05) is 18.9 Å². The third-order valence-electron chi connectivity index (χ3n) is 3.49. The number of anilines is 1. The number of carbonyl (C=O) groups excluding carboxylic acids is 1.